The molecule has 5 atom stereocenters. The Balaban J connectivity index is 2.44. The van der Waals surface area contributed by atoms with Gasteiger partial charge in [-0.15, -0.1) is 0 Å². The van der Waals surface area contributed by atoms with Crippen LogP contribution in [0.3, 0.4) is 0 Å². The number of nitrogens with zero attached hydrogens (tertiary/aromatic N) is 1. The minimum atomic E-state index is -1.50. The lowest BCUT2D eigenvalue weighted by molar-refractivity contribution is -0.386. The van der Waals surface area contributed by atoms with Gasteiger partial charge in [0.15, 0.2) is 18.3 Å². The molecule has 1 heterocycles. The molecule has 1 saturated heterocycles. The van der Waals surface area contributed by atoms with Crippen LogP contribution < -0.4 is 9.47 Å². The van der Waals surface area contributed by atoms with Crippen molar-refractivity contribution in [1.82, 2.24) is 0 Å². The zero-order valence-electron chi connectivity index (χ0n) is 17.6. The van der Waals surface area contributed by atoms with Crippen LogP contribution in [0.25, 0.3) is 0 Å². The zero-order chi connectivity index (χ0) is 23.3. The monoisotopic (exact) mass is 441 g/mol. The molecular weight excluding hydrogens is 418 g/mol. The van der Waals surface area contributed by atoms with E-state index in [1.54, 1.807) is 6.92 Å². The van der Waals surface area contributed by atoms with Gasteiger partial charge in [-0.25, -0.2) is 4.79 Å². The number of esters is 3. The summed E-state index contributed by atoms with van der Waals surface area (Å²) < 4.78 is 31.5. The molecule has 2 rings (SSSR count). The summed E-state index contributed by atoms with van der Waals surface area (Å²) in [6.45, 7) is 3.81. The number of rotatable bonds is 7. The van der Waals surface area contributed by atoms with Crippen molar-refractivity contribution in [2.24, 2.45) is 5.92 Å². The number of hydrogen-bond acceptors (Lipinski definition) is 11. The van der Waals surface area contributed by atoms with Gasteiger partial charge in [0.2, 0.25) is 12.0 Å². The molecule has 1 fully saturated rings. The van der Waals surface area contributed by atoms with Crippen molar-refractivity contribution >= 4 is 23.6 Å². The van der Waals surface area contributed by atoms with Crippen LogP contribution >= 0.6 is 0 Å². The van der Waals surface area contributed by atoms with Gasteiger partial charge in [-0.1, -0.05) is 6.92 Å². The number of carbonyl (C=O) groups excluding carboxylic acids is 3. The maximum Gasteiger partial charge on any atom is 0.339 e. The number of nitro groups is 1. The van der Waals surface area contributed by atoms with Gasteiger partial charge < -0.3 is 28.4 Å². The lowest BCUT2D eigenvalue weighted by Gasteiger charge is -2.42. The summed E-state index contributed by atoms with van der Waals surface area (Å²) in [5, 5.41) is 11.4. The Morgan fingerprint density at radius 2 is 1.68 bits per heavy atom. The molecule has 1 aromatic carbocycles. The topological polar surface area (TPSA) is 150 Å². The van der Waals surface area contributed by atoms with Crippen LogP contribution in [-0.4, -0.2) is 61.7 Å². The first-order valence-corrected chi connectivity index (χ1v) is 9.15. The number of hydrogen-bond donors (Lipinski definition) is 0. The molecule has 170 valence electrons. The summed E-state index contributed by atoms with van der Waals surface area (Å²) in [6.07, 6.45) is -5.25. The van der Waals surface area contributed by atoms with E-state index in [1.165, 1.54) is 19.2 Å². The molecule has 0 aliphatic carbocycles. The first kappa shape index (κ1) is 23.9. The second-order valence-corrected chi connectivity index (χ2v) is 6.66. The highest BCUT2D eigenvalue weighted by Crippen LogP contribution is 2.37. The van der Waals surface area contributed by atoms with Gasteiger partial charge in [0.05, 0.1) is 31.1 Å². The third kappa shape index (κ3) is 5.60. The summed E-state index contributed by atoms with van der Waals surface area (Å²) in [5.74, 6) is -3.08. The SMILES string of the molecule is COC(=O)[C@H]1O[C@@H](Oc2ccc(OC)cc2[N+](=O)[O-])[C@H](C)[C@@H](OC(C)=O)[C@@H]1OC(C)=O. The van der Waals surface area contributed by atoms with Gasteiger partial charge in [-0.3, -0.25) is 19.7 Å². The van der Waals surface area contributed by atoms with Crippen molar-refractivity contribution in [3.8, 4) is 11.5 Å². The van der Waals surface area contributed by atoms with Crippen molar-refractivity contribution in [2.45, 2.75) is 45.4 Å². The minimum absolute atomic E-state index is 0.168. The highest BCUT2D eigenvalue weighted by atomic mass is 16.7. The number of methoxy groups -OCH3 is 2. The predicted octanol–water partition coefficient (Wildman–Crippen LogP) is 1.38. The fraction of sp³-hybridized carbons (Fsp3) is 0.526. The Bertz CT molecular complexity index is 855. The third-order valence-electron chi connectivity index (χ3n) is 4.49. The quantitative estimate of drug-likeness (QED) is 0.261. The molecule has 0 radical (unpaired) electrons. The molecule has 0 unspecified atom stereocenters. The molecule has 0 N–H and O–H groups in total. The summed E-state index contributed by atoms with van der Waals surface area (Å²) in [5.41, 5.74) is -0.407. The van der Waals surface area contributed by atoms with E-state index in [4.69, 9.17) is 28.4 Å². The maximum absolute atomic E-state index is 12.3. The Morgan fingerprint density at radius 3 is 2.19 bits per heavy atom. The van der Waals surface area contributed by atoms with Crippen LogP contribution in [0.2, 0.25) is 0 Å². The van der Waals surface area contributed by atoms with E-state index in [2.05, 4.69) is 0 Å². The molecule has 31 heavy (non-hydrogen) atoms. The second-order valence-electron chi connectivity index (χ2n) is 6.66. The molecule has 12 nitrogen and oxygen atoms in total. The number of carbonyl (C=O) groups is 3. The van der Waals surface area contributed by atoms with Gasteiger partial charge in [0.1, 0.15) is 5.75 Å². The van der Waals surface area contributed by atoms with Gasteiger partial charge in [0.25, 0.3) is 0 Å². The summed E-state index contributed by atoms with van der Waals surface area (Å²) in [7, 11) is 2.45. The highest BCUT2D eigenvalue weighted by Gasteiger charge is 2.52. The van der Waals surface area contributed by atoms with E-state index in [1.807, 2.05) is 0 Å². The van der Waals surface area contributed by atoms with Gasteiger partial charge in [-0.2, -0.15) is 0 Å². The van der Waals surface area contributed by atoms with Crippen LogP contribution in [-0.2, 0) is 33.3 Å². The highest BCUT2D eigenvalue weighted by molar-refractivity contribution is 5.77. The Morgan fingerprint density at radius 1 is 1.06 bits per heavy atom. The van der Waals surface area contributed by atoms with Crippen molar-refractivity contribution in [3.63, 3.8) is 0 Å². The van der Waals surface area contributed by atoms with E-state index in [9.17, 15) is 24.5 Å². The van der Waals surface area contributed by atoms with Crippen molar-refractivity contribution in [1.29, 1.82) is 0 Å². The van der Waals surface area contributed by atoms with Crippen LogP contribution in [0.5, 0.6) is 11.5 Å². The molecule has 0 spiro atoms. The standard InChI is InChI=1S/C19H23NO11/c1-9-15(28-10(2)21)16(29-11(3)22)17(18(23)27-5)31-19(9)30-14-7-6-12(26-4)8-13(14)20(24)25/h6-9,15-17,19H,1-5H3/t9-,15-,16+,17+,19-/m1/s1. The molecular formula is C19H23NO11. The number of ether oxygens (including phenoxy) is 6. The minimum Gasteiger partial charge on any atom is -0.496 e. The van der Waals surface area contributed by atoms with Crippen LogP contribution in [0, 0.1) is 16.0 Å². The molecule has 0 saturated carbocycles. The first-order valence-electron chi connectivity index (χ1n) is 9.15. The molecule has 1 aliphatic heterocycles. The predicted molar refractivity (Wildman–Crippen MR) is 101 cm³/mol. The summed E-state index contributed by atoms with van der Waals surface area (Å²) >= 11 is 0. The molecule has 0 bridgehead atoms. The zero-order valence-corrected chi connectivity index (χ0v) is 17.6. The molecule has 0 aromatic heterocycles. The summed E-state index contributed by atoms with van der Waals surface area (Å²) in [4.78, 5) is 46.3. The largest absolute Gasteiger partial charge is 0.496 e. The molecule has 1 aromatic rings. The Hall–Kier alpha value is -3.41. The first-order chi connectivity index (χ1) is 14.6. The smallest absolute Gasteiger partial charge is 0.339 e. The van der Waals surface area contributed by atoms with Crippen LogP contribution in [0.15, 0.2) is 18.2 Å². The van der Waals surface area contributed by atoms with Crippen molar-refractivity contribution in [3.05, 3.63) is 28.3 Å². The lowest BCUT2D eigenvalue weighted by atomic mass is 9.91. The average molecular weight is 441 g/mol. The van der Waals surface area contributed by atoms with Gasteiger partial charge in [-0.05, 0) is 12.1 Å². The average Bonchev–Trinajstić information content (AvgIpc) is 2.71. The maximum atomic E-state index is 12.3. The van der Waals surface area contributed by atoms with E-state index in [-0.39, 0.29) is 11.5 Å². The third-order valence-corrected chi connectivity index (χ3v) is 4.49. The van der Waals surface area contributed by atoms with E-state index in [0.29, 0.717) is 0 Å². The molecule has 1 aliphatic rings. The second kappa shape index (κ2) is 10.1. The normalized spacial score (nSPS) is 25.1. The van der Waals surface area contributed by atoms with E-state index >= 15 is 0 Å². The van der Waals surface area contributed by atoms with E-state index < -0.39 is 59.0 Å². The fourth-order valence-electron chi connectivity index (χ4n) is 3.09. The van der Waals surface area contributed by atoms with Crippen LogP contribution in [0.1, 0.15) is 20.8 Å². The van der Waals surface area contributed by atoms with Crippen LogP contribution in [0.4, 0.5) is 5.69 Å². The van der Waals surface area contributed by atoms with E-state index in [0.717, 1.165) is 27.0 Å². The van der Waals surface area contributed by atoms with Gasteiger partial charge in [0, 0.05) is 13.8 Å². The Kier molecular flexibility index (Phi) is 7.75. The Labute approximate surface area is 177 Å². The summed E-state index contributed by atoms with van der Waals surface area (Å²) in [6, 6.07) is 3.91. The van der Waals surface area contributed by atoms with Crippen molar-refractivity contribution < 1.29 is 47.7 Å². The van der Waals surface area contributed by atoms with Crippen molar-refractivity contribution in [2.75, 3.05) is 14.2 Å². The fourth-order valence-corrected chi connectivity index (χ4v) is 3.09. The molecule has 12 heteroatoms. The van der Waals surface area contributed by atoms with Gasteiger partial charge >= 0.3 is 23.6 Å². The molecule has 0 amide bonds. The number of benzene rings is 1. The number of nitro benzene ring substituents is 1. The lowest BCUT2D eigenvalue weighted by Crippen LogP contribution is -2.60.